The molecule has 0 spiro atoms. The molecule has 0 unspecified atom stereocenters. The van der Waals surface area contributed by atoms with Crippen LogP contribution >= 0.6 is 11.3 Å². The maximum atomic E-state index is 12.2. The summed E-state index contributed by atoms with van der Waals surface area (Å²) in [6.45, 7) is 0.543. The first-order chi connectivity index (χ1) is 10.1. The molecule has 0 atom stereocenters. The third-order valence-corrected chi connectivity index (χ3v) is 4.00. The minimum atomic E-state index is -0.115. The van der Waals surface area contributed by atoms with Crippen molar-refractivity contribution in [1.82, 2.24) is 9.88 Å². The van der Waals surface area contributed by atoms with Crippen molar-refractivity contribution in [3.8, 4) is 0 Å². The van der Waals surface area contributed by atoms with Gasteiger partial charge in [-0.1, -0.05) is 36.4 Å². The summed E-state index contributed by atoms with van der Waals surface area (Å²) >= 11 is 1.28. The van der Waals surface area contributed by atoms with Crippen molar-refractivity contribution < 1.29 is 4.79 Å². The van der Waals surface area contributed by atoms with E-state index in [1.807, 2.05) is 18.2 Å². The van der Waals surface area contributed by atoms with Gasteiger partial charge in [0.25, 0.3) is 5.91 Å². The molecule has 1 heterocycles. The number of rotatable bonds is 3. The van der Waals surface area contributed by atoms with Crippen LogP contribution in [0.15, 0.2) is 47.8 Å². The zero-order chi connectivity index (χ0) is 14.8. The highest BCUT2D eigenvalue weighted by molar-refractivity contribution is 7.13. The minimum Gasteiger partial charge on any atom is -0.375 e. The maximum absolute atomic E-state index is 12.2. The second kappa shape index (κ2) is 5.54. The van der Waals surface area contributed by atoms with Crippen molar-refractivity contribution >= 4 is 33.1 Å². The quantitative estimate of drug-likeness (QED) is 0.808. The van der Waals surface area contributed by atoms with Crippen LogP contribution in [0.2, 0.25) is 0 Å². The fraction of sp³-hybridized carbons (Fsp3) is 0.125. The number of hydrogen-bond donors (Lipinski definition) is 1. The number of hydrogen-bond acceptors (Lipinski definition) is 4. The first-order valence-electron chi connectivity index (χ1n) is 6.57. The molecule has 0 saturated carbocycles. The molecule has 0 bridgehead atoms. The third kappa shape index (κ3) is 2.87. The van der Waals surface area contributed by atoms with Crippen LogP contribution in [-0.4, -0.2) is 22.8 Å². The second-order valence-corrected chi connectivity index (χ2v) is 5.80. The van der Waals surface area contributed by atoms with E-state index in [2.05, 4.69) is 29.2 Å². The van der Waals surface area contributed by atoms with E-state index >= 15 is 0 Å². The van der Waals surface area contributed by atoms with Gasteiger partial charge in [0.1, 0.15) is 5.69 Å². The Morgan fingerprint density at radius 2 is 2.00 bits per heavy atom. The topological polar surface area (TPSA) is 59.2 Å². The molecule has 0 radical (unpaired) electrons. The van der Waals surface area contributed by atoms with Crippen LogP contribution in [0.5, 0.6) is 0 Å². The zero-order valence-electron chi connectivity index (χ0n) is 11.6. The van der Waals surface area contributed by atoms with Crippen molar-refractivity contribution in [2.24, 2.45) is 0 Å². The van der Waals surface area contributed by atoms with Gasteiger partial charge in [-0.25, -0.2) is 4.98 Å². The van der Waals surface area contributed by atoms with Gasteiger partial charge in [0, 0.05) is 19.0 Å². The molecule has 0 aliphatic rings. The highest BCUT2D eigenvalue weighted by Gasteiger charge is 2.15. The maximum Gasteiger partial charge on any atom is 0.273 e. The number of nitrogens with two attached hydrogens (primary N) is 1. The van der Waals surface area contributed by atoms with Crippen molar-refractivity contribution in [2.75, 3.05) is 12.8 Å². The fourth-order valence-electron chi connectivity index (χ4n) is 2.26. The lowest BCUT2D eigenvalue weighted by Gasteiger charge is -2.16. The molecule has 3 aromatic rings. The van der Waals surface area contributed by atoms with Gasteiger partial charge in [-0.2, -0.15) is 0 Å². The van der Waals surface area contributed by atoms with Crippen LogP contribution < -0.4 is 5.73 Å². The Bertz CT molecular complexity index is 797. The number of anilines is 1. The number of amides is 1. The lowest BCUT2D eigenvalue weighted by molar-refractivity contribution is 0.0780. The second-order valence-electron chi connectivity index (χ2n) is 4.91. The average Bonchev–Trinajstić information content (AvgIpc) is 2.93. The number of carbonyl (C=O) groups excluding carboxylic acids is 1. The number of benzene rings is 2. The van der Waals surface area contributed by atoms with E-state index in [4.69, 9.17) is 5.73 Å². The number of nitrogens with zero attached hydrogens (tertiary/aromatic N) is 2. The number of carbonyl (C=O) groups is 1. The lowest BCUT2D eigenvalue weighted by Crippen LogP contribution is -2.26. The lowest BCUT2D eigenvalue weighted by atomic mass is 10.1. The van der Waals surface area contributed by atoms with E-state index in [9.17, 15) is 4.79 Å². The van der Waals surface area contributed by atoms with E-state index in [0.717, 1.165) is 5.56 Å². The van der Waals surface area contributed by atoms with E-state index < -0.39 is 0 Å². The van der Waals surface area contributed by atoms with Gasteiger partial charge in [-0.05, 0) is 22.4 Å². The van der Waals surface area contributed by atoms with Gasteiger partial charge in [0.05, 0.1) is 0 Å². The summed E-state index contributed by atoms with van der Waals surface area (Å²) in [4.78, 5) is 17.9. The molecule has 0 aliphatic carbocycles. The van der Waals surface area contributed by atoms with Crippen LogP contribution in [-0.2, 0) is 6.54 Å². The van der Waals surface area contributed by atoms with Crippen molar-refractivity contribution in [2.45, 2.75) is 6.54 Å². The first kappa shape index (κ1) is 13.6. The molecule has 1 amide bonds. The summed E-state index contributed by atoms with van der Waals surface area (Å²) < 4.78 is 0. The fourth-order valence-corrected chi connectivity index (χ4v) is 2.80. The van der Waals surface area contributed by atoms with Gasteiger partial charge >= 0.3 is 0 Å². The van der Waals surface area contributed by atoms with Gasteiger partial charge in [0.2, 0.25) is 0 Å². The van der Waals surface area contributed by atoms with Crippen molar-refractivity contribution in [3.05, 3.63) is 59.1 Å². The largest absolute Gasteiger partial charge is 0.375 e. The summed E-state index contributed by atoms with van der Waals surface area (Å²) in [5.41, 5.74) is 7.06. The summed E-state index contributed by atoms with van der Waals surface area (Å²) in [5, 5.41) is 4.47. The number of aromatic nitrogens is 1. The Hall–Kier alpha value is -2.40. The average molecular weight is 297 g/mol. The molecule has 1 aromatic heterocycles. The Kier molecular flexibility index (Phi) is 3.58. The predicted molar refractivity (Wildman–Crippen MR) is 86.3 cm³/mol. The number of nitrogen functional groups attached to an aromatic ring is 1. The van der Waals surface area contributed by atoms with Crippen LogP contribution in [0.3, 0.4) is 0 Å². The van der Waals surface area contributed by atoms with Crippen LogP contribution in [0.4, 0.5) is 5.13 Å². The normalized spacial score (nSPS) is 10.7. The Balaban J connectivity index is 1.79. The smallest absolute Gasteiger partial charge is 0.273 e. The summed E-state index contributed by atoms with van der Waals surface area (Å²) in [6.07, 6.45) is 0. The molecule has 0 fully saturated rings. The van der Waals surface area contributed by atoms with Crippen LogP contribution in [0.1, 0.15) is 16.1 Å². The molecule has 3 rings (SSSR count). The predicted octanol–water partition coefficient (Wildman–Crippen LogP) is 3.15. The highest BCUT2D eigenvalue weighted by atomic mass is 32.1. The molecule has 106 valence electrons. The molecule has 4 nitrogen and oxygen atoms in total. The SMILES string of the molecule is CN(Cc1ccc2ccccc2c1)C(=O)c1csc(N)n1. The molecule has 2 aromatic carbocycles. The first-order valence-corrected chi connectivity index (χ1v) is 7.45. The van der Waals surface area contributed by atoms with Gasteiger partial charge in [0.15, 0.2) is 5.13 Å². The van der Waals surface area contributed by atoms with Crippen LogP contribution in [0.25, 0.3) is 10.8 Å². The van der Waals surface area contributed by atoms with Gasteiger partial charge < -0.3 is 10.6 Å². The summed E-state index contributed by atoms with van der Waals surface area (Å²) in [5.74, 6) is -0.115. The molecule has 2 N–H and O–H groups in total. The van der Waals surface area contributed by atoms with E-state index in [0.29, 0.717) is 17.4 Å². The number of thiazole rings is 1. The highest BCUT2D eigenvalue weighted by Crippen LogP contribution is 2.18. The third-order valence-electron chi connectivity index (χ3n) is 3.32. The van der Waals surface area contributed by atoms with E-state index in [-0.39, 0.29) is 5.91 Å². The standard InChI is InChI=1S/C16H15N3OS/c1-19(15(20)14-10-21-16(17)18-14)9-11-6-7-12-4-2-3-5-13(12)8-11/h2-8,10H,9H2,1H3,(H2,17,18). The van der Waals surface area contributed by atoms with E-state index in [1.165, 1.54) is 22.1 Å². The molecule has 5 heteroatoms. The summed E-state index contributed by atoms with van der Waals surface area (Å²) in [7, 11) is 1.77. The molecule has 0 saturated heterocycles. The monoisotopic (exact) mass is 297 g/mol. The van der Waals surface area contributed by atoms with Crippen LogP contribution in [0, 0.1) is 0 Å². The number of fused-ring (bicyclic) bond motifs is 1. The zero-order valence-corrected chi connectivity index (χ0v) is 12.4. The molecule has 0 aliphatic heterocycles. The minimum absolute atomic E-state index is 0.115. The Morgan fingerprint density at radius 1 is 1.24 bits per heavy atom. The Labute approximate surface area is 126 Å². The van der Waals surface area contributed by atoms with E-state index in [1.54, 1.807) is 17.3 Å². The van der Waals surface area contributed by atoms with Crippen molar-refractivity contribution in [3.63, 3.8) is 0 Å². The molecule has 21 heavy (non-hydrogen) atoms. The molecular formula is C16H15N3OS. The summed E-state index contributed by atoms with van der Waals surface area (Å²) in [6, 6.07) is 14.4. The van der Waals surface area contributed by atoms with Crippen molar-refractivity contribution in [1.29, 1.82) is 0 Å². The van der Waals surface area contributed by atoms with Gasteiger partial charge in [-0.15, -0.1) is 11.3 Å². The Morgan fingerprint density at radius 3 is 2.71 bits per heavy atom. The van der Waals surface area contributed by atoms with Gasteiger partial charge in [-0.3, -0.25) is 4.79 Å². The molecular weight excluding hydrogens is 282 g/mol.